The van der Waals surface area contributed by atoms with Gasteiger partial charge < -0.3 is 14.7 Å². The van der Waals surface area contributed by atoms with E-state index in [0.29, 0.717) is 6.04 Å². The number of likely N-dealkylation sites (N-methyl/N-ethyl adjacent to an activating group) is 1. The average molecular weight is 313 g/mol. The molecule has 0 bridgehead atoms. The van der Waals surface area contributed by atoms with Gasteiger partial charge in [0.15, 0.2) is 0 Å². The van der Waals surface area contributed by atoms with E-state index in [0.717, 1.165) is 43.5 Å². The van der Waals surface area contributed by atoms with Crippen LogP contribution in [0.5, 0.6) is 0 Å². The maximum absolute atomic E-state index is 4.64. The van der Waals surface area contributed by atoms with Gasteiger partial charge in [0.05, 0.1) is 6.20 Å². The minimum Gasteiger partial charge on any atom is -0.355 e. The first-order chi connectivity index (χ1) is 11.1. The van der Waals surface area contributed by atoms with E-state index in [1.165, 1.54) is 0 Å². The van der Waals surface area contributed by atoms with Crippen LogP contribution in [0.25, 0.3) is 0 Å². The first kappa shape index (κ1) is 15.5. The Labute approximate surface area is 137 Å². The summed E-state index contributed by atoms with van der Waals surface area (Å²) in [6.45, 7) is 1.95. The van der Waals surface area contributed by atoms with Gasteiger partial charge in [0, 0.05) is 58.9 Å². The molecule has 1 unspecified atom stereocenters. The van der Waals surface area contributed by atoms with E-state index in [4.69, 9.17) is 0 Å². The normalized spacial score (nSPS) is 17.9. The van der Waals surface area contributed by atoms with Crippen LogP contribution in [0.2, 0.25) is 0 Å². The van der Waals surface area contributed by atoms with Crippen LogP contribution in [0.15, 0.2) is 30.9 Å². The summed E-state index contributed by atoms with van der Waals surface area (Å²) in [5, 5.41) is 0. The number of hydrogen-bond acceptors (Lipinski definition) is 7. The van der Waals surface area contributed by atoms with E-state index in [-0.39, 0.29) is 0 Å². The zero-order valence-corrected chi connectivity index (χ0v) is 13.9. The molecule has 0 aliphatic carbocycles. The Bertz CT molecular complexity index is 631. The van der Waals surface area contributed by atoms with Crippen LogP contribution >= 0.6 is 0 Å². The number of hydrogen-bond donors (Lipinski definition) is 0. The van der Waals surface area contributed by atoms with E-state index >= 15 is 0 Å². The van der Waals surface area contributed by atoms with Gasteiger partial charge in [-0.15, -0.1) is 0 Å². The Balaban J connectivity index is 1.74. The van der Waals surface area contributed by atoms with Crippen molar-refractivity contribution in [2.45, 2.75) is 18.9 Å². The van der Waals surface area contributed by atoms with Crippen molar-refractivity contribution in [3.8, 4) is 0 Å². The second-order valence-electron chi connectivity index (χ2n) is 6.03. The van der Waals surface area contributed by atoms with Gasteiger partial charge in [0.1, 0.15) is 11.6 Å². The molecule has 122 valence electrons. The predicted octanol–water partition coefficient (Wildman–Crippen LogP) is 1.44. The molecule has 0 saturated carbocycles. The van der Waals surface area contributed by atoms with Gasteiger partial charge >= 0.3 is 0 Å². The summed E-state index contributed by atoms with van der Waals surface area (Å²) >= 11 is 0. The first-order valence-corrected chi connectivity index (χ1v) is 7.89. The third-order valence-corrected chi connectivity index (χ3v) is 4.21. The lowest BCUT2D eigenvalue weighted by Crippen LogP contribution is -2.47. The van der Waals surface area contributed by atoms with Gasteiger partial charge in [-0.05, 0) is 18.9 Å². The number of nitrogens with zero attached hydrogens (tertiary/aromatic N) is 7. The quantitative estimate of drug-likeness (QED) is 0.846. The number of aromatic nitrogens is 4. The summed E-state index contributed by atoms with van der Waals surface area (Å²) in [5.74, 6) is 2.63. The van der Waals surface area contributed by atoms with Crippen LogP contribution in [-0.4, -0.2) is 60.2 Å². The van der Waals surface area contributed by atoms with E-state index in [1.54, 1.807) is 12.4 Å². The van der Waals surface area contributed by atoms with Crippen molar-refractivity contribution in [2.24, 2.45) is 0 Å². The molecule has 0 spiro atoms. The first-order valence-electron chi connectivity index (χ1n) is 7.89. The lowest BCUT2D eigenvalue weighted by molar-refractivity contribution is 0.483. The molecular weight excluding hydrogens is 290 g/mol. The third-order valence-electron chi connectivity index (χ3n) is 4.21. The van der Waals surface area contributed by atoms with Gasteiger partial charge in [-0.3, -0.25) is 4.98 Å². The summed E-state index contributed by atoms with van der Waals surface area (Å²) in [4.78, 5) is 24.0. The van der Waals surface area contributed by atoms with Crippen molar-refractivity contribution < 1.29 is 0 Å². The van der Waals surface area contributed by atoms with E-state index in [1.807, 2.05) is 37.5 Å². The molecule has 0 aromatic carbocycles. The van der Waals surface area contributed by atoms with Crippen LogP contribution in [-0.2, 0) is 0 Å². The summed E-state index contributed by atoms with van der Waals surface area (Å²) in [6, 6.07) is 2.37. The molecule has 0 N–H and O–H groups in total. The van der Waals surface area contributed by atoms with Crippen molar-refractivity contribution in [1.29, 1.82) is 0 Å². The highest BCUT2D eigenvalue weighted by atomic mass is 15.3. The van der Waals surface area contributed by atoms with Gasteiger partial charge in [-0.25, -0.2) is 9.97 Å². The Kier molecular flexibility index (Phi) is 4.55. The summed E-state index contributed by atoms with van der Waals surface area (Å²) < 4.78 is 0. The monoisotopic (exact) mass is 313 g/mol. The maximum atomic E-state index is 4.64. The van der Waals surface area contributed by atoms with Crippen LogP contribution in [0.1, 0.15) is 12.8 Å². The molecule has 1 atom stereocenters. The number of piperidine rings is 1. The van der Waals surface area contributed by atoms with Crippen molar-refractivity contribution >= 4 is 17.6 Å². The molecule has 1 saturated heterocycles. The fraction of sp³-hybridized carbons (Fsp3) is 0.500. The SMILES string of the molecule is CN(C)c1nccc(N(C)C2CCCN(c3cnccn3)C2)n1. The smallest absolute Gasteiger partial charge is 0.226 e. The minimum absolute atomic E-state index is 0.399. The molecule has 1 aliphatic heterocycles. The molecule has 2 aromatic heterocycles. The number of anilines is 3. The van der Waals surface area contributed by atoms with Crippen molar-refractivity contribution in [3.63, 3.8) is 0 Å². The molecule has 23 heavy (non-hydrogen) atoms. The molecule has 7 heteroatoms. The average Bonchev–Trinajstić information content (AvgIpc) is 2.62. The van der Waals surface area contributed by atoms with Gasteiger partial charge in [0.2, 0.25) is 5.95 Å². The number of rotatable bonds is 4. The van der Waals surface area contributed by atoms with Gasteiger partial charge in [-0.2, -0.15) is 4.98 Å². The van der Waals surface area contributed by atoms with Crippen LogP contribution in [0, 0.1) is 0 Å². The lowest BCUT2D eigenvalue weighted by atomic mass is 10.0. The highest BCUT2D eigenvalue weighted by Crippen LogP contribution is 2.23. The predicted molar refractivity (Wildman–Crippen MR) is 92.0 cm³/mol. The van der Waals surface area contributed by atoms with Crippen LogP contribution in [0.4, 0.5) is 17.6 Å². The van der Waals surface area contributed by atoms with E-state index in [9.17, 15) is 0 Å². The molecule has 7 nitrogen and oxygen atoms in total. The van der Waals surface area contributed by atoms with Gasteiger partial charge in [-0.1, -0.05) is 0 Å². The summed E-state index contributed by atoms with van der Waals surface area (Å²) in [5.41, 5.74) is 0. The van der Waals surface area contributed by atoms with Gasteiger partial charge in [0.25, 0.3) is 0 Å². The van der Waals surface area contributed by atoms with Crippen LogP contribution in [0.3, 0.4) is 0 Å². The Morgan fingerprint density at radius 3 is 2.74 bits per heavy atom. The Morgan fingerprint density at radius 2 is 2.00 bits per heavy atom. The fourth-order valence-corrected chi connectivity index (χ4v) is 2.87. The molecule has 3 heterocycles. The fourth-order valence-electron chi connectivity index (χ4n) is 2.87. The maximum Gasteiger partial charge on any atom is 0.226 e. The minimum atomic E-state index is 0.399. The zero-order chi connectivity index (χ0) is 16.2. The molecule has 1 aliphatic rings. The topological polar surface area (TPSA) is 61.3 Å². The molecule has 1 fully saturated rings. The van der Waals surface area contributed by atoms with Crippen molar-refractivity contribution in [3.05, 3.63) is 30.9 Å². The molecular formula is C16H23N7. The molecule has 0 amide bonds. The van der Waals surface area contributed by atoms with E-state index in [2.05, 4.69) is 36.8 Å². The molecule has 3 rings (SSSR count). The molecule has 2 aromatic rings. The van der Waals surface area contributed by atoms with Crippen molar-refractivity contribution in [1.82, 2.24) is 19.9 Å². The third kappa shape index (κ3) is 3.49. The molecule has 0 radical (unpaired) electrons. The summed E-state index contributed by atoms with van der Waals surface area (Å²) in [6.07, 6.45) is 9.39. The van der Waals surface area contributed by atoms with Crippen LogP contribution < -0.4 is 14.7 Å². The standard InChI is InChI=1S/C16H23N7/c1-21(2)16-19-7-6-14(20-16)22(3)13-5-4-10-23(12-13)15-11-17-8-9-18-15/h6-9,11,13H,4-5,10,12H2,1-3H3. The second-order valence-corrected chi connectivity index (χ2v) is 6.03. The second kappa shape index (κ2) is 6.76. The van der Waals surface area contributed by atoms with Crippen molar-refractivity contribution in [2.75, 3.05) is 48.9 Å². The largest absolute Gasteiger partial charge is 0.355 e. The summed E-state index contributed by atoms with van der Waals surface area (Å²) in [7, 11) is 6.01. The zero-order valence-electron chi connectivity index (χ0n) is 13.9. The highest BCUT2D eigenvalue weighted by molar-refractivity contribution is 5.45. The lowest BCUT2D eigenvalue weighted by Gasteiger charge is -2.38. The Morgan fingerprint density at radius 1 is 1.13 bits per heavy atom. The van der Waals surface area contributed by atoms with E-state index < -0.39 is 0 Å². The Hall–Kier alpha value is -2.44. The highest BCUT2D eigenvalue weighted by Gasteiger charge is 2.25.